The highest BCUT2D eigenvalue weighted by Crippen LogP contribution is 2.29. The van der Waals surface area contributed by atoms with Crippen molar-refractivity contribution in [1.82, 2.24) is 9.97 Å². The number of nitrogens with two attached hydrogens (primary N) is 1. The minimum Gasteiger partial charge on any atom is -0.466 e. The van der Waals surface area contributed by atoms with E-state index in [2.05, 4.69) is 9.97 Å². The van der Waals surface area contributed by atoms with Crippen molar-refractivity contribution in [2.24, 2.45) is 5.92 Å². The number of hydrogen-bond donors (Lipinski definition) is 1. The van der Waals surface area contributed by atoms with Crippen molar-refractivity contribution in [2.45, 2.75) is 26.2 Å². The molecule has 0 fully saturated rings. The van der Waals surface area contributed by atoms with Gasteiger partial charge in [0.15, 0.2) is 5.82 Å². The molecule has 0 bridgehead atoms. The van der Waals surface area contributed by atoms with Crippen LogP contribution in [0.15, 0.2) is 18.3 Å². The second-order valence-electron chi connectivity index (χ2n) is 4.26. The molecule has 5 nitrogen and oxygen atoms in total. The van der Waals surface area contributed by atoms with Gasteiger partial charge in [-0.05, 0) is 37.8 Å². The Bertz CT molecular complexity index is 471. The Hall–Kier alpha value is -1.91. The monoisotopic (exact) mass is 247 g/mol. The first-order chi connectivity index (χ1) is 8.70. The molecular weight excluding hydrogens is 230 g/mol. The Balaban J connectivity index is 2.05. The summed E-state index contributed by atoms with van der Waals surface area (Å²) in [5.74, 6) is 0.988. The first kappa shape index (κ1) is 12.5. The van der Waals surface area contributed by atoms with E-state index in [4.69, 9.17) is 10.5 Å². The molecule has 1 aliphatic carbocycles. The molecular formula is C13H17N3O2. The van der Waals surface area contributed by atoms with Gasteiger partial charge < -0.3 is 10.5 Å². The third-order valence-corrected chi connectivity index (χ3v) is 3.00. The molecule has 2 N–H and O–H groups in total. The molecule has 0 aliphatic heterocycles. The van der Waals surface area contributed by atoms with Crippen LogP contribution in [0.2, 0.25) is 0 Å². The summed E-state index contributed by atoms with van der Waals surface area (Å²) < 4.78 is 5.02. The zero-order chi connectivity index (χ0) is 13.0. The topological polar surface area (TPSA) is 78.1 Å². The van der Waals surface area contributed by atoms with Crippen LogP contribution in [0.4, 0.5) is 5.82 Å². The van der Waals surface area contributed by atoms with E-state index in [0.29, 0.717) is 24.7 Å². The zero-order valence-electron chi connectivity index (χ0n) is 10.4. The van der Waals surface area contributed by atoms with E-state index >= 15 is 0 Å². The van der Waals surface area contributed by atoms with Crippen molar-refractivity contribution < 1.29 is 9.53 Å². The predicted octanol–water partition coefficient (Wildman–Crippen LogP) is 1.81. The molecule has 96 valence electrons. The third-order valence-electron chi connectivity index (χ3n) is 3.00. The summed E-state index contributed by atoms with van der Waals surface area (Å²) in [7, 11) is 0. The van der Waals surface area contributed by atoms with Crippen molar-refractivity contribution in [3.05, 3.63) is 24.2 Å². The largest absolute Gasteiger partial charge is 0.466 e. The van der Waals surface area contributed by atoms with Crippen LogP contribution < -0.4 is 5.73 Å². The lowest BCUT2D eigenvalue weighted by Gasteiger charge is -2.19. The molecule has 2 rings (SSSR count). The fourth-order valence-corrected chi connectivity index (χ4v) is 2.04. The lowest BCUT2D eigenvalue weighted by atomic mass is 9.89. The standard InChI is InChI=1S/C13H17N3O2/c1-2-18-13(17)10-5-3-9(4-6-10)12-15-8-7-11(14)16-12/h3,7-8,10H,2,4-6H2,1H3,(H2,14,15,16). The molecule has 1 aromatic heterocycles. The maximum Gasteiger partial charge on any atom is 0.309 e. The van der Waals surface area contributed by atoms with Gasteiger partial charge in [0.2, 0.25) is 0 Å². The number of nitrogen functional groups attached to an aromatic ring is 1. The first-order valence-corrected chi connectivity index (χ1v) is 6.15. The summed E-state index contributed by atoms with van der Waals surface area (Å²) >= 11 is 0. The molecule has 1 aliphatic rings. The Kier molecular flexibility index (Phi) is 3.92. The highest BCUT2D eigenvalue weighted by Gasteiger charge is 2.23. The van der Waals surface area contributed by atoms with Gasteiger partial charge in [-0.1, -0.05) is 6.08 Å². The summed E-state index contributed by atoms with van der Waals surface area (Å²) in [5, 5.41) is 0. The number of rotatable bonds is 3. The number of aromatic nitrogens is 2. The van der Waals surface area contributed by atoms with Gasteiger partial charge in [0, 0.05) is 6.20 Å². The average Bonchev–Trinajstić information content (AvgIpc) is 2.39. The highest BCUT2D eigenvalue weighted by atomic mass is 16.5. The average molecular weight is 247 g/mol. The van der Waals surface area contributed by atoms with Gasteiger partial charge >= 0.3 is 5.97 Å². The number of esters is 1. The summed E-state index contributed by atoms with van der Waals surface area (Å²) in [6, 6.07) is 1.66. The number of nitrogens with zero attached hydrogens (tertiary/aromatic N) is 2. The van der Waals surface area contributed by atoms with E-state index in [9.17, 15) is 4.79 Å². The third kappa shape index (κ3) is 2.85. The number of carbonyl (C=O) groups excluding carboxylic acids is 1. The van der Waals surface area contributed by atoms with Crippen molar-refractivity contribution in [2.75, 3.05) is 12.3 Å². The molecule has 1 heterocycles. The SMILES string of the molecule is CCOC(=O)C1CC=C(c2nccc(N)n2)CC1. The Morgan fingerprint density at radius 2 is 2.44 bits per heavy atom. The number of ether oxygens (including phenoxy) is 1. The molecule has 1 aromatic rings. The van der Waals surface area contributed by atoms with Crippen LogP contribution in [0.5, 0.6) is 0 Å². The number of allylic oxidation sites excluding steroid dienone is 2. The van der Waals surface area contributed by atoms with Gasteiger partial charge in [-0.15, -0.1) is 0 Å². The fraction of sp³-hybridized carbons (Fsp3) is 0.462. The van der Waals surface area contributed by atoms with Gasteiger partial charge in [-0.3, -0.25) is 4.79 Å². The molecule has 1 unspecified atom stereocenters. The first-order valence-electron chi connectivity index (χ1n) is 6.15. The zero-order valence-corrected chi connectivity index (χ0v) is 10.4. The van der Waals surface area contributed by atoms with E-state index < -0.39 is 0 Å². The molecule has 5 heteroatoms. The van der Waals surface area contributed by atoms with E-state index in [1.54, 1.807) is 12.3 Å². The minimum atomic E-state index is -0.110. The second-order valence-corrected chi connectivity index (χ2v) is 4.26. The van der Waals surface area contributed by atoms with Crippen molar-refractivity contribution in [1.29, 1.82) is 0 Å². The van der Waals surface area contributed by atoms with Crippen molar-refractivity contribution in [3.8, 4) is 0 Å². The molecule has 1 atom stereocenters. The summed E-state index contributed by atoms with van der Waals surface area (Å²) in [6.45, 7) is 2.26. The molecule has 0 saturated heterocycles. The van der Waals surface area contributed by atoms with Crippen LogP contribution in [0.25, 0.3) is 5.57 Å². The maximum absolute atomic E-state index is 11.6. The van der Waals surface area contributed by atoms with Gasteiger partial charge in [0.25, 0.3) is 0 Å². The van der Waals surface area contributed by atoms with E-state index in [1.165, 1.54) is 0 Å². The lowest BCUT2D eigenvalue weighted by molar-refractivity contribution is -0.148. The number of hydrogen-bond acceptors (Lipinski definition) is 5. The van der Waals surface area contributed by atoms with Crippen LogP contribution in [0, 0.1) is 5.92 Å². The quantitative estimate of drug-likeness (QED) is 0.824. The fourth-order valence-electron chi connectivity index (χ4n) is 2.04. The molecule has 0 amide bonds. The van der Waals surface area contributed by atoms with Crippen LogP contribution in [0.3, 0.4) is 0 Å². The van der Waals surface area contributed by atoms with E-state index in [-0.39, 0.29) is 11.9 Å². The normalized spacial score (nSPS) is 19.2. The van der Waals surface area contributed by atoms with E-state index in [1.807, 2.05) is 13.0 Å². The van der Waals surface area contributed by atoms with Crippen molar-refractivity contribution >= 4 is 17.4 Å². The molecule has 18 heavy (non-hydrogen) atoms. The van der Waals surface area contributed by atoms with Gasteiger partial charge in [0.1, 0.15) is 5.82 Å². The smallest absolute Gasteiger partial charge is 0.309 e. The molecule has 0 spiro atoms. The number of anilines is 1. The van der Waals surface area contributed by atoms with Gasteiger partial charge in [-0.25, -0.2) is 9.97 Å². The minimum absolute atomic E-state index is 0.0326. The molecule has 0 saturated carbocycles. The Labute approximate surface area is 106 Å². The van der Waals surface area contributed by atoms with E-state index in [0.717, 1.165) is 18.4 Å². The lowest BCUT2D eigenvalue weighted by Crippen LogP contribution is -2.19. The highest BCUT2D eigenvalue weighted by molar-refractivity contribution is 5.74. The summed E-state index contributed by atoms with van der Waals surface area (Å²) in [4.78, 5) is 20.0. The Morgan fingerprint density at radius 3 is 3.06 bits per heavy atom. The summed E-state index contributed by atoms with van der Waals surface area (Å²) in [5.41, 5.74) is 6.69. The predicted molar refractivity (Wildman–Crippen MR) is 68.4 cm³/mol. The van der Waals surface area contributed by atoms with Crippen molar-refractivity contribution in [3.63, 3.8) is 0 Å². The van der Waals surface area contributed by atoms with Gasteiger partial charge in [-0.2, -0.15) is 0 Å². The molecule has 0 radical (unpaired) electrons. The van der Waals surface area contributed by atoms with Crippen LogP contribution in [0.1, 0.15) is 32.0 Å². The van der Waals surface area contributed by atoms with Crippen LogP contribution in [-0.4, -0.2) is 22.5 Å². The van der Waals surface area contributed by atoms with Crippen LogP contribution >= 0.6 is 0 Å². The summed E-state index contributed by atoms with van der Waals surface area (Å²) in [6.07, 6.45) is 5.91. The van der Waals surface area contributed by atoms with Crippen LogP contribution in [-0.2, 0) is 9.53 Å². The Morgan fingerprint density at radius 1 is 1.61 bits per heavy atom. The molecule has 0 aromatic carbocycles. The maximum atomic E-state index is 11.6. The number of carbonyl (C=O) groups is 1. The second kappa shape index (κ2) is 5.62. The van der Waals surface area contributed by atoms with Gasteiger partial charge in [0.05, 0.1) is 12.5 Å².